The lowest BCUT2D eigenvalue weighted by atomic mass is 10.1. The fourth-order valence-electron chi connectivity index (χ4n) is 2.69. The van der Waals surface area contributed by atoms with Gasteiger partial charge in [0.2, 0.25) is 0 Å². The Hall–Kier alpha value is -1.46. The van der Waals surface area contributed by atoms with E-state index < -0.39 is 12.0 Å². The number of benzene rings is 1. The van der Waals surface area contributed by atoms with Crippen LogP contribution in [0.1, 0.15) is 19.4 Å². The van der Waals surface area contributed by atoms with Crippen LogP contribution in [-0.4, -0.2) is 52.1 Å². The van der Waals surface area contributed by atoms with Gasteiger partial charge in [-0.1, -0.05) is 29.3 Å². The molecule has 5 nitrogen and oxygen atoms in total. The average molecular weight is 345 g/mol. The van der Waals surface area contributed by atoms with Gasteiger partial charge in [-0.3, -0.25) is 0 Å². The first-order valence-electron chi connectivity index (χ1n) is 7.09. The average Bonchev–Trinajstić information content (AvgIpc) is 2.77. The third-order valence-electron chi connectivity index (χ3n) is 3.98. The highest BCUT2D eigenvalue weighted by molar-refractivity contribution is 6.35. The van der Waals surface area contributed by atoms with Crippen molar-refractivity contribution in [3.8, 4) is 0 Å². The summed E-state index contributed by atoms with van der Waals surface area (Å²) in [5.41, 5.74) is 0.896. The van der Waals surface area contributed by atoms with Crippen LogP contribution in [-0.2, 0) is 11.2 Å². The molecule has 120 valence electrons. The molecule has 0 saturated carbocycles. The zero-order valence-electron chi connectivity index (χ0n) is 12.4. The number of hydrogen-bond acceptors (Lipinski definition) is 2. The number of carbonyl (C=O) groups is 2. The molecule has 1 aliphatic rings. The second-order valence-electron chi connectivity index (χ2n) is 5.33. The highest BCUT2D eigenvalue weighted by Crippen LogP contribution is 2.26. The predicted octanol–water partition coefficient (Wildman–Crippen LogP) is 3.14. The summed E-state index contributed by atoms with van der Waals surface area (Å²) in [5, 5.41) is 10.2. The second kappa shape index (κ2) is 6.75. The molecule has 0 spiro atoms. The van der Waals surface area contributed by atoms with Crippen molar-refractivity contribution in [1.29, 1.82) is 0 Å². The van der Waals surface area contributed by atoms with E-state index in [1.165, 1.54) is 11.8 Å². The number of likely N-dealkylation sites (N-methyl/N-ethyl adjacent to an activating group) is 1. The quantitative estimate of drug-likeness (QED) is 0.892. The number of carboxylic acid groups (broad SMARTS) is 1. The van der Waals surface area contributed by atoms with Crippen LogP contribution in [0.2, 0.25) is 10.0 Å². The van der Waals surface area contributed by atoms with Crippen LogP contribution in [0, 0.1) is 0 Å². The van der Waals surface area contributed by atoms with Crippen molar-refractivity contribution in [3.63, 3.8) is 0 Å². The summed E-state index contributed by atoms with van der Waals surface area (Å²) < 4.78 is 0. The standard InChI is InChI=1S/C15H18Cl2N2O3/c1-3-18-12(6-10-4-5-11(16)7-13(10)17)8-19(15(18)22)9(2)14(20)21/h4-5,7,9,12H,3,6,8H2,1-2H3,(H,20,21). The Morgan fingerprint density at radius 1 is 1.45 bits per heavy atom. The first-order valence-corrected chi connectivity index (χ1v) is 7.84. The van der Waals surface area contributed by atoms with Gasteiger partial charge in [0.25, 0.3) is 0 Å². The van der Waals surface area contributed by atoms with Crippen LogP contribution in [0.4, 0.5) is 4.79 Å². The van der Waals surface area contributed by atoms with Gasteiger partial charge in [-0.15, -0.1) is 0 Å². The summed E-state index contributed by atoms with van der Waals surface area (Å²) in [6.45, 7) is 4.30. The molecule has 1 fully saturated rings. The van der Waals surface area contributed by atoms with E-state index >= 15 is 0 Å². The Labute approximate surface area is 139 Å². The molecule has 2 amide bonds. The predicted molar refractivity (Wildman–Crippen MR) is 85.5 cm³/mol. The number of rotatable bonds is 5. The number of amides is 2. The van der Waals surface area contributed by atoms with Gasteiger partial charge in [0.05, 0.1) is 6.04 Å². The van der Waals surface area contributed by atoms with E-state index in [9.17, 15) is 9.59 Å². The maximum atomic E-state index is 12.4. The number of halogens is 2. The summed E-state index contributed by atoms with van der Waals surface area (Å²) in [6, 6.07) is 4.08. The Morgan fingerprint density at radius 3 is 2.68 bits per heavy atom. The summed E-state index contributed by atoms with van der Waals surface area (Å²) in [4.78, 5) is 26.6. The maximum absolute atomic E-state index is 12.4. The summed E-state index contributed by atoms with van der Waals surface area (Å²) in [7, 11) is 0. The number of aliphatic carboxylic acids is 1. The van der Waals surface area contributed by atoms with Crippen molar-refractivity contribution in [3.05, 3.63) is 33.8 Å². The van der Waals surface area contributed by atoms with Gasteiger partial charge in [-0.25, -0.2) is 9.59 Å². The lowest BCUT2D eigenvalue weighted by molar-refractivity contribution is -0.141. The van der Waals surface area contributed by atoms with E-state index in [4.69, 9.17) is 28.3 Å². The SMILES string of the molecule is CCN1C(=O)N(C(C)C(=O)O)CC1Cc1ccc(Cl)cc1Cl. The number of nitrogens with zero attached hydrogens (tertiary/aromatic N) is 2. The monoisotopic (exact) mass is 344 g/mol. The van der Waals surface area contributed by atoms with Gasteiger partial charge in [-0.05, 0) is 38.0 Å². The Bertz CT molecular complexity index is 594. The fourth-order valence-corrected chi connectivity index (χ4v) is 3.18. The van der Waals surface area contributed by atoms with E-state index in [0.717, 1.165) is 5.56 Å². The van der Waals surface area contributed by atoms with Crippen molar-refractivity contribution in [1.82, 2.24) is 9.80 Å². The van der Waals surface area contributed by atoms with Crippen LogP contribution < -0.4 is 0 Å². The molecule has 1 N–H and O–H groups in total. The Kier molecular flexibility index (Phi) is 5.19. The Morgan fingerprint density at radius 2 is 2.14 bits per heavy atom. The third-order valence-corrected chi connectivity index (χ3v) is 4.56. The number of hydrogen-bond donors (Lipinski definition) is 1. The van der Waals surface area contributed by atoms with E-state index in [1.807, 2.05) is 13.0 Å². The molecule has 1 aromatic rings. The van der Waals surface area contributed by atoms with Gasteiger partial charge in [-0.2, -0.15) is 0 Å². The summed E-state index contributed by atoms with van der Waals surface area (Å²) >= 11 is 12.1. The summed E-state index contributed by atoms with van der Waals surface area (Å²) in [5.74, 6) is -1.01. The molecule has 0 aliphatic carbocycles. The first kappa shape index (κ1) is 16.9. The molecule has 2 unspecified atom stereocenters. The minimum absolute atomic E-state index is 0.0991. The molecule has 0 radical (unpaired) electrons. The first-order chi connectivity index (χ1) is 10.3. The Balaban J connectivity index is 2.19. The molecular formula is C15H18Cl2N2O3. The normalized spacial score (nSPS) is 19.6. The largest absolute Gasteiger partial charge is 0.480 e. The van der Waals surface area contributed by atoms with Crippen molar-refractivity contribution in [2.24, 2.45) is 0 Å². The molecule has 22 heavy (non-hydrogen) atoms. The van der Waals surface area contributed by atoms with E-state index in [-0.39, 0.29) is 12.1 Å². The molecule has 2 rings (SSSR count). The van der Waals surface area contributed by atoms with Crippen molar-refractivity contribution in [2.75, 3.05) is 13.1 Å². The summed E-state index contributed by atoms with van der Waals surface area (Å²) in [6.07, 6.45) is 0.568. The van der Waals surface area contributed by atoms with Gasteiger partial charge in [0.1, 0.15) is 6.04 Å². The van der Waals surface area contributed by atoms with Gasteiger partial charge < -0.3 is 14.9 Å². The van der Waals surface area contributed by atoms with Gasteiger partial charge >= 0.3 is 12.0 Å². The number of urea groups is 1. The van der Waals surface area contributed by atoms with Crippen LogP contribution in [0.25, 0.3) is 0 Å². The smallest absolute Gasteiger partial charge is 0.326 e. The lowest BCUT2D eigenvalue weighted by Crippen LogP contribution is -2.42. The maximum Gasteiger partial charge on any atom is 0.326 e. The van der Waals surface area contributed by atoms with Gasteiger partial charge in [0, 0.05) is 23.1 Å². The fraction of sp³-hybridized carbons (Fsp3) is 0.467. The van der Waals surface area contributed by atoms with Crippen LogP contribution in [0.3, 0.4) is 0 Å². The van der Waals surface area contributed by atoms with Gasteiger partial charge in [0.15, 0.2) is 0 Å². The van der Waals surface area contributed by atoms with Crippen LogP contribution in [0.5, 0.6) is 0 Å². The molecule has 1 saturated heterocycles. The lowest BCUT2D eigenvalue weighted by Gasteiger charge is -2.22. The topological polar surface area (TPSA) is 60.9 Å². The highest BCUT2D eigenvalue weighted by atomic mass is 35.5. The molecule has 0 bridgehead atoms. The number of carbonyl (C=O) groups excluding carboxylic acids is 1. The number of carboxylic acids is 1. The van der Waals surface area contributed by atoms with Crippen LogP contribution in [0.15, 0.2) is 18.2 Å². The van der Waals surface area contributed by atoms with Crippen molar-refractivity contribution >= 4 is 35.2 Å². The van der Waals surface area contributed by atoms with Crippen LogP contribution >= 0.6 is 23.2 Å². The third kappa shape index (κ3) is 3.31. The zero-order valence-corrected chi connectivity index (χ0v) is 13.9. The van der Waals surface area contributed by atoms with E-state index in [1.54, 1.807) is 17.0 Å². The van der Waals surface area contributed by atoms with E-state index in [0.29, 0.717) is 29.6 Å². The second-order valence-corrected chi connectivity index (χ2v) is 6.17. The molecule has 7 heteroatoms. The highest BCUT2D eigenvalue weighted by Gasteiger charge is 2.40. The molecule has 1 aromatic carbocycles. The minimum atomic E-state index is -1.01. The molecule has 0 aromatic heterocycles. The van der Waals surface area contributed by atoms with Crippen molar-refractivity contribution < 1.29 is 14.7 Å². The molecular weight excluding hydrogens is 327 g/mol. The zero-order chi connectivity index (χ0) is 16.4. The molecule has 1 heterocycles. The van der Waals surface area contributed by atoms with Crippen molar-refractivity contribution in [2.45, 2.75) is 32.4 Å². The van der Waals surface area contributed by atoms with E-state index in [2.05, 4.69) is 0 Å². The minimum Gasteiger partial charge on any atom is -0.480 e. The molecule has 2 atom stereocenters. The molecule has 1 aliphatic heterocycles.